The van der Waals surface area contributed by atoms with Crippen molar-refractivity contribution in [3.8, 4) is 0 Å². The second kappa shape index (κ2) is 6.75. The van der Waals surface area contributed by atoms with Gasteiger partial charge in [-0.1, -0.05) is 24.6 Å². The SMILES string of the molecule is CC1CCC(CO)(NC(=O)Cc2c(F)cccc2Cl)CC1. The fourth-order valence-corrected chi connectivity index (χ4v) is 3.07. The molecule has 1 fully saturated rings. The van der Waals surface area contributed by atoms with E-state index in [1.54, 1.807) is 6.07 Å². The van der Waals surface area contributed by atoms with Crippen LogP contribution in [0.15, 0.2) is 18.2 Å². The molecule has 3 nitrogen and oxygen atoms in total. The Labute approximate surface area is 129 Å². The molecule has 0 radical (unpaired) electrons. The van der Waals surface area contributed by atoms with E-state index in [0.29, 0.717) is 5.92 Å². The van der Waals surface area contributed by atoms with Gasteiger partial charge in [-0.05, 0) is 43.7 Å². The number of aliphatic hydroxyl groups excluding tert-OH is 1. The van der Waals surface area contributed by atoms with Gasteiger partial charge >= 0.3 is 0 Å². The normalized spacial score (nSPS) is 25.6. The second-order valence-electron chi connectivity index (χ2n) is 6.05. The van der Waals surface area contributed by atoms with Crippen molar-refractivity contribution in [2.75, 3.05) is 6.61 Å². The van der Waals surface area contributed by atoms with Crippen LogP contribution in [0, 0.1) is 11.7 Å². The van der Waals surface area contributed by atoms with Crippen molar-refractivity contribution >= 4 is 17.5 Å². The molecular weight excluding hydrogens is 293 g/mol. The molecule has 5 heteroatoms. The number of carbonyl (C=O) groups is 1. The number of benzene rings is 1. The van der Waals surface area contributed by atoms with E-state index in [0.717, 1.165) is 25.7 Å². The highest BCUT2D eigenvalue weighted by Crippen LogP contribution is 2.31. The first kappa shape index (κ1) is 16.2. The van der Waals surface area contributed by atoms with Crippen LogP contribution in [0.1, 0.15) is 38.2 Å². The zero-order chi connectivity index (χ0) is 15.5. The number of nitrogens with one attached hydrogen (secondary N) is 1. The van der Waals surface area contributed by atoms with Crippen molar-refractivity contribution in [2.45, 2.75) is 44.6 Å². The summed E-state index contributed by atoms with van der Waals surface area (Å²) in [6.45, 7) is 2.08. The fourth-order valence-electron chi connectivity index (χ4n) is 2.84. The lowest BCUT2D eigenvalue weighted by Crippen LogP contribution is -2.53. The molecule has 0 heterocycles. The molecule has 0 aliphatic heterocycles. The first-order valence-electron chi connectivity index (χ1n) is 7.30. The monoisotopic (exact) mass is 313 g/mol. The molecule has 1 aliphatic carbocycles. The van der Waals surface area contributed by atoms with E-state index in [9.17, 15) is 14.3 Å². The minimum absolute atomic E-state index is 0.0868. The van der Waals surface area contributed by atoms with Gasteiger partial charge in [0.1, 0.15) is 5.82 Å². The number of amides is 1. The summed E-state index contributed by atoms with van der Waals surface area (Å²) in [5, 5.41) is 12.8. The predicted molar refractivity (Wildman–Crippen MR) is 80.7 cm³/mol. The van der Waals surface area contributed by atoms with Gasteiger partial charge in [-0.3, -0.25) is 4.79 Å². The summed E-state index contributed by atoms with van der Waals surface area (Å²) in [5.41, 5.74) is -0.365. The average molecular weight is 314 g/mol. The molecule has 0 saturated heterocycles. The molecule has 0 spiro atoms. The number of halogens is 2. The van der Waals surface area contributed by atoms with E-state index in [1.165, 1.54) is 12.1 Å². The summed E-state index contributed by atoms with van der Waals surface area (Å²) in [7, 11) is 0. The van der Waals surface area contributed by atoms with E-state index in [-0.39, 0.29) is 29.5 Å². The van der Waals surface area contributed by atoms with Crippen LogP contribution in [0.3, 0.4) is 0 Å². The predicted octanol–water partition coefficient (Wildman–Crippen LogP) is 3.08. The van der Waals surface area contributed by atoms with Crippen LogP contribution >= 0.6 is 11.6 Å². The summed E-state index contributed by atoms with van der Waals surface area (Å²) in [6.07, 6.45) is 3.34. The van der Waals surface area contributed by atoms with Crippen LogP contribution in [-0.4, -0.2) is 23.2 Å². The van der Waals surface area contributed by atoms with Crippen LogP contribution in [0.5, 0.6) is 0 Å². The summed E-state index contributed by atoms with van der Waals surface area (Å²) in [4.78, 5) is 12.2. The molecule has 21 heavy (non-hydrogen) atoms. The quantitative estimate of drug-likeness (QED) is 0.897. The highest BCUT2D eigenvalue weighted by atomic mass is 35.5. The molecule has 116 valence electrons. The number of aliphatic hydroxyl groups is 1. The third-order valence-corrected chi connectivity index (χ3v) is 4.69. The Kier molecular flexibility index (Phi) is 5.22. The van der Waals surface area contributed by atoms with Gasteiger partial charge in [0.25, 0.3) is 0 Å². The first-order chi connectivity index (χ1) is 9.96. The summed E-state index contributed by atoms with van der Waals surface area (Å²) in [6, 6.07) is 4.37. The van der Waals surface area contributed by atoms with Gasteiger partial charge in [-0.25, -0.2) is 4.39 Å². The van der Waals surface area contributed by atoms with Gasteiger partial charge in [0, 0.05) is 10.6 Å². The van der Waals surface area contributed by atoms with Crippen molar-refractivity contribution in [2.24, 2.45) is 5.92 Å². The molecule has 0 atom stereocenters. The molecule has 2 N–H and O–H groups in total. The Balaban J connectivity index is 2.04. The maximum absolute atomic E-state index is 13.7. The second-order valence-corrected chi connectivity index (χ2v) is 6.45. The zero-order valence-corrected chi connectivity index (χ0v) is 12.9. The first-order valence-corrected chi connectivity index (χ1v) is 7.68. The Morgan fingerprint density at radius 3 is 2.71 bits per heavy atom. The lowest BCUT2D eigenvalue weighted by atomic mass is 9.77. The molecule has 0 bridgehead atoms. The Morgan fingerprint density at radius 2 is 2.14 bits per heavy atom. The van der Waals surface area contributed by atoms with Crippen LogP contribution in [0.4, 0.5) is 4.39 Å². The van der Waals surface area contributed by atoms with Crippen LogP contribution < -0.4 is 5.32 Å². The maximum Gasteiger partial charge on any atom is 0.225 e. The highest BCUT2D eigenvalue weighted by molar-refractivity contribution is 6.31. The van der Waals surface area contributed by atoms with Gasteiger partial charge in [0.05, 0.1) is 18.6 Å². The highest BCUT2D eigenvalue weighted by Gasteiger charge is 2.35. The Hall–Kier alpha value is -1.13. The van der Waals surface area contributed by atoms with Gasteiger partial charge in [-0.15, -0.1) is 0 Å². The van der Waals surface area contributed by atoms with E-state index in [2.05, 4.69) is 12.2 Å². The molecule has 1 saturated carbocycles. The van der Waals surface area contributed by atoms with Crippen molar-refractivity contribution < 1.29 is 14.3 Å². The summed E-state index contributed by atoms with van der Waals surface area (Å²) < 4.78 is 13.7. The Bertz CT molecular complexity index is 493. The maximum atomic E-state index is 13.7. The summed E-state index contributed by atoms with van der Waals surface area (Å²) in [5.74, 6) is -0.166. The number of carbonyl (C=O) groups excluding carboxylic acids is 1. The molecule has 2 rings (SSSR count). The standard InChI is InChI=1S/C16H21ClFNO2/c1-11-5-7-16(10-20,8-6-11)19-15(21)9-12-13(17)3-2-4-14(12)18/h2-4,11,20H,5-10H2,1H3,(H,19,21). The molecular formula is C16H21ClFNO2. The van der Waals surface area contributed by atoms with E-state index < -0.39 is 11.4 Å². The van der Waals surface area contributed by atoms with E-state index in [1.807, 2.05) is 0 Å². The van der Waals surface area contributed by atoms with E-state index >= 15 is 0 Å². The van der Waals surface area contributed by atoms with Gasteiger partial charge in [0.15, 0.2) is 0 Å². The van der Waals surface area contributed by atoms with Crippen LogP contribution in [-0.2, 0) is 11.2 Å². The van der Waals surface area contributed by atoms with Crippen molar-refractivity contribution in [1.29, 1.82) is 0 Å². The van der Waals surface area contributed by atoms with Crippen LogP contribution in [0.2, 0.25) is 5.02 Å². The molecule has 0 aromatic heterocycles. The lowest BCUT2D eigenvalue weighted by molar-refractivity contribution is -0.123. The number of hydrogen-bond acceptors (Lipinski definition) is 2. The third kappa shape index (κ3) is 3.95. The Morgan fingerprint density at radius 1 is 1.48 bits per heavy atom. The van der Waals surface area contributed by atoms with Crippen LogP contribution in [0.25, 0.3) is 0 Å². The topological polar surface area (TPSA) is 49.3 Å². The van der Waals surface area contributed by atoms with Gasteiger partial charge in [-0.2, -0.15) is 0 Å². The molecule has 1 amide bonds. The largest absolute Gasteiger partial charge is 0.394 e. The average Bonchev–Trinajstić information content (AvgIpc) is 2.46. The minimum Gasteiger partial charge on any atom is -0.394 e. The number of rotatable bonds is 4. The van der Waals surface area contributed by atoms with Gasteiger partial charge in [0.2, 0.25) is 5.91 Å². The minimum atomic E-state index is -0.568. The molecule has 0 unspecified atom stereocenters. The fraction of sp³-hybridized carbons (Fsp3) is 0.562. The van der Waals surface area contributed by atoms with Crippen molar-refractivity contribution in [3.63, 3.8) is 0 Å². The third-order valence-electron chi connectivity index (χ3n) is 4.34. The number of hydrogen-bond donors (Lipinski definition) is 2. The summed E-state index contributed by atoms with van der Waals surface area (Å²) >= 11 is 5.93. The van der Waals surface area contributed by atoms with Crippen molar-refractivity contribution in [3.05, 3.63) is 34.6 Å². The van der Waals surface area contributed by atoms with Gasteiger partial charge < -0.3 is 10.4 Å². The smallest absolute Gasteiger partial charge is 0.225 e. The lowest BCUT2D eigenvalue weighted by Gasteiger charge is -2.38. The molecule has 1 aromatic carbocycles. The van der Waals surface area contributed by atoms with E-state index in [4.69, 9.17) is 11.6 Å². The van der Waals surface area contributed by atoms with Crippen molar-refractivity contribution in [1.82, 2.24) is 5.32 Å². The molecule has 1 aromatic rings. The molecule has 1 aliphatic rings. The zero-order valence-electron chi connectivity index (χ0n) is 12.2.